The third kappa shape index (κ3) is 1.66. The van der Waals surface area contributed by atoms with Crippen LogP contribution >= 0.6 is 0 Å². The smallest absolute Gasteiger partial charge is 0.225 e. The molecule has 85 valence electrons. The Balaban J connectivity index is 1.66. The average molecular weight is 219 g/mol. The molecule has 5 nitrogen and oxygen atoms in total. The maximum atomic E-state index is 5.80. The Kier molecular flexibility index (Phi) is 2.29. The predicted octanol–water partition coefficient (Wildman–Crippen LogP) is -0.163. The van der Waals surface area contributed by atoms with E-state index in [4.69, 9.17) is 4.74 Å². The number of nitrogens with zero attached hydrogens (tertiary/aromatic N) is 3. The van der Waals surface area contributed by atoms with Crippen LogP contribution in [0.2, 0.25) is 0 Å². The molecule has 1 aromatic heterocycles. The molecule has 0 aromatic carbocycles. The van der Waals surface area contributed by atoms with Crippen molar-refractivity contribution in [1.82, 2.24) is 15.3 Å². The Morgan fingerprint density at radius 3 is 2.75 bits per heavy atom. The van der Waals surface area contributed by atoms with Crippen LogP contribution in [0.5, 0.6) is 0 Å². The molecule has 16 heavy (non-hydrogen) atoms. The fraction of sp³-hybridized carbons (Fsp3) is 0.545. The van der Waals surface area contributed by atoms with Gasteiger partial charge in [-0.1, -0.05) is 0 Å². The summed E-state index contributed by atoms with van der Waals surface area (Å²) in [6, 6.07) is 0. The zero-order valence-electron chi connectivity index (χ0n) is 9.15. The van der Waals surface area contributed by atoms with Crippen molar-refractivity contribution in [3.05, 3.63) is 24.9 Å². The van der Waals surface area contributed by atoms with Crippen LogP contribution in [0.3, 0.4) is 0 Å². The van der Waals surface area contributed by atoms with E-state index < -0.39 is 0 Å². The molecule has 2 aliphatic heterocycles. The molecule has 0 bridgehead atoms. The molecule has 5 heteroatoms. The van der Waals surface area contributed by atoms with Crippen molar-refractivity contribution < 1.29 is 4.74 Å². The van der Waals surface area contributed by atoms with Crippen molar-refractivity contribution >= 4 is 5.95 Å². The molecule has 0 amide bonds. The lowest BCUT2D eigenvalue weighted by atomic mass is 9.93. The summed E-state index contributed by atoms with van der Waals surface area (Å²) in [5.74, 6) is 0.771. The first-order valence-electron chi connectivity index (χ1n) is 5.51. The largest absolute Gasteiger partial charge is 0.369 e. The molecule has 1 radical (unpaired) electrons. The number of hydrogen-bond donors (Lipinski definition) is 1. The summed E-state index contributed by atoms with van der Waals surface area (Å²) in [5.41, 5.74) is 0.833. The van der Waals surface area contributed by atoms with E-state index in [0.717, 1.165) is 44.3 Å². The minimum Gasteiger partial charge on any atom is -0.369 e. The molecule has 2 fully saturated rings. The lowest BCUT2D eigenvalue weighted by Gasteiger charge is -2.51. The molecule has 2 saturated heterocycles. The summed E-state index contributed by atoms with van der Waals surface area (Å²) in [6.07, 6.45) is 3.49. The van der Waals surface area contributed by atoms with E-state index in [2.05, 4.69) is 27.1 Å². The van der Waals surface area contributed by atoms with Gasteiger partial charge in [0, 0.05) is 25.5 Å². The fourth-order valence-electron chi connectivity index (χ4n) is 2.21. The highest BCUT2D eigenvalue weighted by Gasteiger charge is 2.46. The number of rotatable bonds is 1. The second kappa shape index (κ2) is 3.68. The van der Waals surface area contributed by atoms with E-state index in [1.807, 2.05) is 0 Å². The highest BCUT2D eigenvalue weighted by molar-refractivity contribution is 5.38. The number of morpholine rings is 1. The van der Waals surface area contributed by atoms with Gasteiger partial charge in [0.1, 0.15) is 5.60 Å². The van der Waals surface area contributed by atoms with Gasteiger partial charge in [0.05, 0.1) is 19.7 Å². The van der Waals surface area contributed by atoms with Crippen LogP contribution in [0, 0.1) is 6.92 Å². The molecule has 1 spiro atoms. The van der Waals surface area contributed by atoms with E-state index in [1.165, 1.54) is 0 Å². The molecule has 0 aliphatic carbocycles. The van der Waals surface area contributed by atoms with Gasteiger partial charge in [-0.15, -0.1) is 0 Å². The number of ether oxygens (including phenoxy) is 1. The summed E-state index contributed by atoms with van der Waals surface area (Å²) in [6.45, 7) is 8.19. The van der Waals surface area contributed by atoms with Crippen LogP contribution in [0.15, 0.2) is 12.4 Å². The molecule has 1 N–H and O–H groups in total. The number of nitrogens with one attached hydrogen (secondary N) is 1. The van der Waals surface area contributed by atoms with Crippen molar-refractivity contribution in [1.29, 1.82) is 0 Å². The summed E-state index contributed by atoms with van der Waals surface area (Å²) < 4.78 is 5.80. The Morgan fingerprint density at radius 1 is 1.38 bits per heavy atom. The van der Waals surface area contributed by atoms with Gasteiger partial charge in [-0.2, -0.15) is 0 Å². The molecular weight excluding hydrogens is 204 g/mol. The summed E-state index contributed by atoms with van der Waals surface area (Å²) in [7, 11) is 0. The van der Waals surface area contributed by atoms with Gasteiger partial charge in [-0.25, -0.2) is 9.97 Å². The van der Waals surface area contributed by atoms with Gasteiger partial charge in [-0.3, -0.25) is 0 Å². The van der Waals surface area contributed by atoms with E-state index in [1.54, 1.807) is 12.4 Å². The zero-order chi connectivity index (χ0) is 11.0. The quantitative estimate of drug-likeness (QED) is 0.711. The molecule has 0 unspecified atom stereocenters. The van der Waals surface area contributed by atoms with Crippen LogP contribution in [-0.2, 0) is 4.74 Å². The van der Waals surface area contributed by atoms with Gasteiger partial charge >= 0.3 is 0 Å². The third-order valence-electron chi connectivity index (χ3n) is 3.07. The molecule has 3 rings (SSSR count). The van der Waals surface area contributed by atoms with Gasteiger partial charge in [0.15, 0.2) is 0 Å². The standard InChI is InChI=1S/C11H15N4O/c1-9-4-13-10(14-5-9)15-7-11(8-15)6-12-2-3-16-11/h4-5,12H,1-3,6-8H2. The van der Waals surface area contributed by atoms with Crippen LogP contribution < -0.4 is 10.2 Å². The van der Waals surface area contributed by atoms with E-state index in [0.29, 0.717) is 0 Å². The Bertz CT molecular complexity index is 364. The van der Waals surface area contributed by atoms with Crippen molar-refractivity contribution in [3.8, 4) is 0 Å². The number of anilines is 1. The molecule has 0 saturated carbocycles. The minimum absolute atomic E-state index is 0.00918. The normalized spacial score (nSPS) is 23.2. The maximum absolute atomic E-state index is 5.80. The van der Waals surface area contributed by atoms with E-state index in [-0.39, 0.29) is 5.60 Å². The van der Waals surface area contributed by atoms with Gasteiger partial charge < -0.3 is 15.0 Å². The second-order valence-electron chi connectivity index (χ2n) is 4.46. The topological polar surface area (TPSA) is 50.3 Å². The Labute approximate surface area is 94.8 Å². The summed E-state index contributed by atoms with van der Waals surface area (Å²) in [4.78, 5) is 10.6. The first-order valence-corrected chi connectivity index (χ1v) is 5.51. The van der Waals surface area contributed by atoms with E-state index >= 15 is 0 Å². The molecular formula is C11H15N4O. The van der Waals surface area contributed by atoms with Crippen molar-refractivity contribution in [2.75, 3.05) is 37.7 Å². The molecule has 3 heterocycles. The van der Waals surface area contributed by atoms with Crippen molar-refractivity contribution in [2.45, 2.75) is 5.60 Å². The number of aromatic nitrogens is 2. The van der Waals surface area contributed by atoms with E-state index in [9.17, 15) is 0 Å². The van der Waals surface area contributed by atoms with Gasteiger partial charge in [0.25, 0.3) is 0 Å². The minimum atomic E-state index is -0.00918. The van der Waals surface area contributed by atoms with Crippen LogP contribution in [0.25, 0.3) is 0 Å². The highest BCUT2D eigenvalue weighted by atomic mass is 16.5. The first kappa shape index (κ1) is 9.99. The maximum Gasteiger partial charge on any atom is 0.225 e. The Hall–Kier alpha value is -1.20. The van der Waals surface area contributed by atoms with Gasteiger partial charge in [0.2, 0.25) is 5.95 Å². The van der Waals surface area contributed by atoms with Gasteiger partial charge in [-0.05, 0) is 12.5 Å². The first-order chi connectivity index (χ1) is 7.77. The highest BCUT2D eigenvalue weighted by Crippen LogP contribution is 2.28. The summed E-state index contributed by atoms with van der Waals surface area (Å²) >= 11 is 0. The SMILES string of the molecule is [CH2]c1cnc(N2CC3(CNCCO3)C2)nc1. The van der Waals surface area contributed by atoms with Crippen LogP contribution in [0.4, 0.5) is 5.95 Å². The predicted molar refractivity (Wildman–Crippen MR) is 60.3 cm³/mol. The second-order valence-corrected chi connectivity index (χ2v) is 4.46. The average Bonchev–Trinajstić information content (AvgIpc) is 2.28. The monoisotopic (exact) mass is 219 g/mol. The third-order valence-corrected chi connectivity index (χ3v) is 3.07. The lowest BCUT2D eigenvalue weighted by Crippen LogP contribution is -2.70. The zero-order valence-corrected chi connectivity index (χ0v) is 9.15. The van der Waals surface area contributed by atoms with Crippen molar-refractivity contribution in [2.24, 2.45) is 0 Å². The molecule has 2 aliphatic rings. The Morgan fingerprint density at radius 2 is 2.12 bits per heavy atom. The van der Waals surface area contributed by atoms with Crippen LogP contribution in [0.1, 0.15) is 5.56 Å². The molecule has 0 atom stereocenters. The summed E-state index contributed by atoms with van der Waals surface area (Å²) in [5, 5.41) is 3.36. The van der Waals surface area contributed by atoms with Crippen molar-refractivity contribution in [3.63, 3.8) is 0 Å². The molecule has 1 aromatic rings. The fourth-order valence-corrected chi connectivity index (χ4v) is 2.21. The van der Waals surface area contributed by atoms with Crippen LogP contribution in [-0.4, -0.2) is 48.4 Å². The lowest BCUT2D eigenvalue weighted by molar-refractivity contribution is -0.0834. The number of hydrogen-bond acceptors (Lipinski definition) is 5.